The Bertz CT molecular complexity index is 878. The first-order valence-corrected chi connectivity index (χ1v) is 7.67. The second-order valence-electron chi connectivity index (χ2n) is 5.38. The Labute approximate surface area is 141 Å². The molecule has 0 fully saturated rings. The molecule has 1 N–H and O–H groups in total. The van der Waals surface area contributed by atoms with Crippen LogP contribution in [0.2, 0.25) is 0 Å². The fourth-order valence-corrected chi connectivity index (χ4v) is 2.39. The molecule has 25 heavy (non-hydrogen) atoms. The quantitative estimate of drug-likeness (QED) is 0.759. The number of hydrogen-bond donors (Lipinski definition) is 1. The van der Waals surface area contributed by atoms with E-state index in [2.05, 4.69) is 20.6 Å². The molecule has 3 rings (SSSR count). The van der Waals surface area contributed by atoms with E-state index in [-0.39, 0.29) is 17.5 Å². The molecule has 0 saturated heterocycles. The van der Waals surface area contributed by atoms with Gasteiger partial charge in [0, 0.05) is 0 Å². The number of aromatic nitrogens is 4. The first-order valence-electron chi connectivity index (χ1n) is 7.67. The van der Waals surface area contributed by atoms with E-state index in [0.717, 1.165) is 11.3 Å². The second-order valence-corrected chi connectivity index (χ2v) is 5.38. The van der Waals surface area contributed by atoms with Crippen molar-refractivity contribution in [3.05, 3.63) is 47.8 Å². The maximum atomic E-state index is 12.9. The van der Waals surface area contributed by atoms with E-state index in [9.17, 15) is 13.2 Å². The molecule has 2 heterocycles. The number of nitrogens with zero attached hydrogens (tertiary/aromatic N) is 4. The van der Waals surface area contributed by atoms with Crippen molar-refractivity contribution in [2.75, 3.05) is 11.9 Å². The molecule has 0 saturated carbocycles. The maximum absolute atomic E-state index is 12.9. The van der Waals surface area contributed by atoms with Crippen molar-refractivity contribution >= 4 is 11.5 Å². The van der Waals surface area contributed by atoms with Crippen LogP contribution in [0.1, 0.15) is 31.3 Å². The highest BCUT2D eigenvalue weighted by molar-refractivity contribution is 5.46. The molecule has 1 unspecified atom stereocenters. The predicted molar refractivity (Wildman–Crippen MR) is 85.4 cm³/mol. The van der Waals surface area contributed by atoms with Crippen LogP contribution in [0, 0.1) is 0 Å². The van der Waals surface area contributed by atoms with Crippen LogP contribution in [-0.2, 0) is 6.18 Å². The zero-order chi connectivity index (χ0) is 18.0. The summed E-state index contributed by atoms with van der Waals surface area (Å²) in [6.45, 7) is 4.33. The van der Waals surface area contributed by atoms with E-state index < -0.39 is 12.0 Å². The Morgan fingerprint density at radius 2 is 2.00 bits per heavy atom. The highest BCUT2D eigenvalue weighted by Crippen LogP contribution is 2.28. The number of anilines is 1. The number of halogens is 3. The van der Waals surface area contributed by atoms with Crippen LogP contribution < -0.4 is 10.1 Å². The monoisotopic (exact) mass is 351 g/mol. The van der Waals surface area contributed by atoms with Crippen LogP contribution in [0.3, 0.4) is 0 Å². The van der Waals surface area contributed by atoms with Gasteiger partial charge in [-0.2, -0.15) is 17.7 Å². The largest absolute Gasteiger partial charge is 0.494 e. The third kappa shape index (κ3) is 3.65. The molecule has 9 heteroatoms. The van der Waals surface area contributed by atoms with Crippen molar-refractivity contribution in [1.29, 1.82) is 0 Å². The summed E-state index contributed by atoms with van der Waals surface area (Å²) in [4.78, 5) is 0. The predicted octanol–water partition coefficient (Wildman–Crippen LogP) is 3.71. The van der Waals surface area contributed by atoms with Crippen molar-refractivity contribution < 1.29 is 17.9 Å². The van der Waals surface area contributed by atoms with Crippen LogP contribution >= 0.6 is 0 Å². The first kappa shape index (κ1) is 17.0. The summed E-state index contributed by atoms with van der Waals surface area (Å²) in [6, 6.07) is 10.3. The number of ether oxygens (including phenoxy) is 1. The topological polar surface area (TPSA) is 64.3 Å². The minimum atomic E-state index is -4.62. The van der Waals surface area contributed by atoms with E-state index in [1.165, 1.54) is 6.07 Å². The van der Waals surface area contributed by atoms with Gasteiger partial charge < -0.3 is 10.1 Å². The van der Waals surface area contributed by atoms with Crippen LogP contribution in [0.15, 0.2) is 36.4 Å². The van der Waals surface area contributed by atoms with Gasteiger partial charge in [-0.25, -0.2) is 0 Å². The Hall–Kier alpha value is -2.84. The van der Waals surface area contributed by atoms with Gasteiger partial charge in [-0.3, -0.25) is 0 Å². The lowest BCUT2D eigenvalue weighted by Crippen LogP contribution is -2.14. The average Bonchev–Trinajstić information content (AvgIpc) is 2.99. The third-order valence-corrected chi connectivity index (χ3v) is 3.55. The molecule has 6 nitrogen and oxygen atoms in total. The second kappa shape index (κ2) is 6.58. The van der Waals surface area contributed by atoms with Gasteiger partial charge in [0.05, 0.1) is 12.6 Å². The fourth-order valence-electron chi connectivity index (χ4n) is 2.39. The number of benzene rings is 1. The lowest BCUT2D eigenvalue weighted by molar-refractivity contribution is -0.146. The fraction of sp³-hybridized carbons (Fsp3) is 0.312. The molecule has 0 aliphatic rings. The summed E-state index contributed by atoms with van der Waals surface area (Å²) in [5.74, 6) is -0.139. The molecule has 1 aromatic carbocycles. The summed E-state index contributed by atoms with van der Waals surface area (Å²) < 4.78 is 44.9. The lowest BCUT2D eigenvalue weighted by Gasteiger charge is -2.16. The maximum Gasteiger partial charge on any atom is 0.453 e. The average molecular weight is 351 g/mol. The molecule has 3 aromatic rings. The van der Waals surface area contributed by atoms with Crippen LogP contribution in [-0.4, -0.2) is 26.4 Å². The van der Waals surface area contributed by atoms with Crippen molar-refractivity contribution in [3.8, 4) is 5.75 Å². The van der Waals surface area contributed by atoms with E-state index in [4.69, 9.17) is 4.74 Å². The van der Waals surface area contributed by atoms with Crippen molar-refractivity contribution in [3.63, 3.8) is 0 Å². The van der Waals surface area contributed by atoms with Gasteiger partial charge in [-0.1, -0.05) is 12.1 Å². The smallest absolute Gasteiger partial charge is 0.453 e. The highest BCUT2D eigenvalue weighted by Gasteiger charge is 2.37. The molecular weight excluding hydrogens is 335 g/mol. The van der Waals surface area contributed by atoms with Crippen LogP contribution in [0.25, 0.3) is 5.65 Å². The Balaban J connectivity index is 1.86. The summed E-state index contributed by atoms with van der Waals surface area (Å²) in [6.07, 6.45) is -4.62. The minimum Gasteiger partial charge on any atom is -0.494 e. The molecule has 0 aliphatic heterocycles. The molecule has 0 radical (unpaired) electrons. The molecule has 0 amide bonds. The summed E-state index contributed by atoms with van der Waals surface area (Å²) in [5.41, 5.74) is 0.955. The molecule has 132 valence electrons. The normalized spacial score (nSPS) is 13.0. The molecular formula is C16H16F3N5O. The lowest BCUT2D eigenvalue weighted by atomic mass is 10.1. The van der Waals surface area contributed by atoms with Gasteiger partial charge in [0.1, 0.15) is 11.6 Å². The molecule has 0 bridgehead atoms. The SMILES string of the molecule is CCOc1cccc(C(C)Nc2ccc3nnc(C(F)(F)F)n3n2)c1. The number of hydrogen-bond acceptors (Lipinski definition) is 5. The summed E-state index contributed by atoms with van der Waals surface area (Å²) in [7, 11) is 0. The van der Waals surface area contributed by atoms with Gasteiger partial charge in [0.2, 0.25) is 0 Å². The van der Waals surface area contributed by atoms with Crippen molar-refractivity contribution in [1.82, 2.24) is 19.8 Å². The van der Waals surface area contributed by atoms with Crippen molar-refractivity contribution in [2.45, 2.75) is 26.1 Å². The number of alkyl halides is 3. The Morgan fingerprint density at radius 1 is 1.20 bits per heavy atom. The van der Waals surface area contributed by atoms with E-state index >= 15 is 0 Å². The van der Waals surface area contributed by atoms with E-state index in [1.54, 1.807) is 6.07 Å². The van der Waals surface area contributed by atoms with Crippen molar-refractivity contribution in [2.24, 2.45) is 0 Å². The number of fused-ring (bicyclic) bond motifs is 1. The van der Waals surface area contributed by atoms with Gasteiger partial charge in [-0.05, 0) is 43.7 Å². The first-order chi connectivity index (χ1) is 11.9. The van der Waals surface area contributed by atoms with Gasteiger partial charge >= 0.3 is 6.18 Å². The Kier molecular flexibility index (Phi) is 4.47. The van der Waals surface area contributed by atoms with E-state index in [0.29, 0.717) is 11.1 Å². The summed E-state index contributed by atoms with van der Waals surface area (Å²) in [5, 5.41) is 13.7. The zero-order valence-corrected chi connectivity index (χ0v) is 13.6. The van der Waals surface area contributed by atoms with E-state index in [1.807, 2.05) is 38.1 Å². The van der Waals surface area contributed by atoms with Gasteiger partial charge in [0.15, 0.2) is 5.65 Å². The van der Waals surface area contributed by atoms with Gasteiger partial charge in [0.25, 0.3) is 5.82 Å². The van der Waals surface area contributed by atoms with Crippen LogP contribution in [0.4, 0.5) is 19.0 Å². The molecule has 2 aromatic heterocycles. The number of nitrogens with one attached hydrogen (secondary N) is 1. The minimum absolute atomic E-state index is 0.0314. The molecule has 0 spiro atoms. The Morgan fingerprint density at radius 3 is 2.72 bits per heavy atom. The zero-order valence-electron chi connectivity index (χ0n) is 13.6. The summed E-state index contributed by atoms with van der Waals surface area (Å²) >= 11 is 0. The van der Waals surface area contributed by atoms with Gasteiger partial charge in [-0.15, -0.1) is 15.3 Å². The molecule has 0 aliphatic carbocycles. The highest BCUT2D eigenvalue weighted by atomic mass is 19.4. The molecule has 1 atom stereocenters. The standard InChI is InChI=1S/C16H16F3N5O/c1-3-25-12-6-4-5-11(9-12)10(2)20-13-7-8-14-21-22-15(16(17,18)19)24(14)23-13/h4-10H,3H2,1-2H3,(H,20,23). The van der Waals surface area contributed by atoms with Crippen LogP contribution in [0.5, 0.6) is 5.75 Å². The number of rotatable bonds is 5. The third-order valence-electron chi connectivity index (χ3n) is 3.55.